The highest BCUT2D eigenvalue weighted by atomic mass is 35.5. The van der Waals surface area contributed by atoms with Crippen LogP contribution in [0.3, 0.4) is 0 Å². The standard InChI is InChI=1S/C29H26BClN6O/c1-19(22-7-3-2-4-8-22)35-29(38)33-17-21-13-11-20(12-14-21)16-32-27-15-26(23-9-5-6-10-25(23)31)36-28-24(30)18-34-37(27)28/h2-15,18-19,32H,16-17H2,1H3,(H2,33,35,38)/t19-/m0/s1. The van der Waals surface area contributed by atoms with Crippen molar-refractivity contribution in [3.63, 3.8) is 0 Å². The number of hydrogen-bond acceptors (Lipinski definition) is 4. The summed E-state index contributed by atoms with van der Waals surface area (Å²) in [6, 6.07) is 27.1. The number of nitrogens with one attached hydrogen (secondary N) is 3. The van der Waals surface area contributed by atoms with Crippen molar-refractivity contribution in [1.82, 2.24) is 25.2 Å². The van der Waals surface area contributed by atoms with Crippen molar-refractivity contribution in [2.75, 3.05) is 5.32 Å². The van der Waals surface area contributed by atoms with E-state index in [1.807, 2.05) is 91.9 Å². The summed E-state index contributed by atoms with van der Waals surface area (Å²) in [6.07, 6.45) is 1.59. The Kier molecular flexibility index (Phi) is 7.61. The van der Waals surface area contributed by atoms with E-state index < -0.39 is 0 Å². The highest BCUT2D eigenvalue weighted by Gasteiger charge is 2.13. The van der Waals surface area contributed by atoms with E-state index in [0.717, 1.165) is 28.1 Å². The van der Waals surface area contributed by atoms with Gasteiger partial charge in [-0.25, -0.2) is 9.78 Å². The Balaban J connectivity index is 1.22. The second-order valence-electron chi connectivity index (χ2n) is 8.97. The number of urea groups is 1. The molecule has 188 valence electrons. The first-order valence-corrected chi connectivity index (χ1v) is 12.7. The van der Waals surface area contributed by atoms with Crippen LogP contribution in [0.5, 0.6) is 0 Å². The van der Waals surface area contributed by atoms with Crippen LogP contribution in [0.25, 0.3) is 16.9 Å². The number of halogens is 1. The number of rotatable bonds is 8. The van der Waals surface area contributed by atoms with E-state index in [1.54, 1.807) is 10.7 Å². The molecule has 7 nitrogen and oxygen atoms in total. The minimum Gasteiger partial charge on any atom is -0.366 e. The van der Waals surface area contributed by atoms with Gasteiger partial charge in [0.1, 0.15) is 13.7 Å². The molecule has 2 radical (unpaired) electrons. The molecule has 0 bridgehead atoms. The minimum absolute atomic E-state index is 0.0760. The van der Waals surface area contributed by atoms with Crippen LogP contribution in [0.1, 0.15) is 29.7 Å². The van der Waals surface area contributed by atoms with Gasteiger partial charge in [0.05, 0.1) is 11.7 Å². The van der Waals surface area contributed by atoms with E-state index in [1.165, 1.54) is 0 Å². The zero-order valence-corrected chi connectivity index (χ0v) is 21.6. The zero-order valence-electron chi connectivity index (χ0n) is 20.9. The summed E-state index contributed by atoms with van der Waals surface area (Å²) >= 11 is 6.42. The maximum atomic E-state index is 12.3. The highest BCUT2D eigenvalue weighted by molar-refractivity contribution is 6.36. The predicted molar refractivity (Wildman–Crippen MR) is 153 cm³/mol. The zero-order chi connectivity index (χ0) is 26.5. The van der Waals surface area contributed by atoms with Gasteiger partial charge in [0.15, 0.2) is 5.65 Å². The summed E-state index contributed by atoms with van der Waals surface area (Å²) in [5, 5.41) is 14.3. The molecule has 0 saturated carbocycles. The van der Waals surface area contributed by atoms with Gasteiger partial charge in [-0.2, -0.15) is 9.61 Å². The summed E-state index contributed by atoms with van der Waals surface area (Å²) in [6.45, 7) is 2.95. The second-order valence-corrected chi connectivity index (χ2v) is 9.38. The Morgan fingerprint density at radius 3 is 2.39 bits per heavy atom. The number of carbonyl (C=O) groups excluding carboxylic acids is 1. The lowest BCUT2D eigenvalue weighted by Crippen LogP contribution is -2.36. The molecule has 0 aliphatic heterocycles. The molecular weight excluding hydrogens is 495 g/mol. The fourth-order valence-corrected chi connectivity index (χ4v) is 4.37. The Morgan fingerprint density at radius 1 is 0.974 bits per heavy atom. The number of hydrogen-bond donors (Lipinski definition) is 3. The van der Waals surface area contributed by atoms with E-state index in [9.17, 15) is 4.79 Å². The second kappa shape index (κ2) is 11.4. The summed E-state index contributed by atoms with van der Waals surface area (Å²) in [5.74, 6) is 0.747. The number of anilines is 1. The van der Waals surface area contributed by atoms with Crippen molar-refractivity contribution in [1.29, 1.82) is 0 Å². The van der Waals surface area contributed by atoms with E-state index >= 15 is 0 Å². The minimum atomic E-state index is -0.207. The number of benzene rings is 3. The van der Waals surface area contributed by atoms with Crippen LogP contribution < -0.4 is 21.4 Å². The average Bonchev–Trinajstić information content (AvgIpc) is 3.32. The Labute approximate surface area is 227 Å². The van der Waals surface area contributed by atoms with Crippen LogP contribution >= 0.6 is 11.6 Å². The first-order valence-electron chi connectivity index (χ1n) is 12.3. The van der Waals surface area contributed by atoms with Gasteiger partial charge in [-0.1, -0.05) is 84.4 Å². The molecule has 9 heteroatoms. The number of nitrogens with zero attached hydrogens (tertiary/aromatic N) is 3. The molecule has 0 unspecified atom stereocenters. The lowest BCUT2D eigenvalue weighted by molar-refractivity contribution is 0.237. The average molecular weight is 521 g/mol. The fraction of sp³-hybridized carbons (Fsp3) is 0.138. The predicted octanol–water partition coefficient (Wildman–Crippen LogP) is 5.02. The van der Waals surface area contributed by atoms with Crippen molar-refractivity contribution in [3.05, 3.63) is 113 Å². The molecule has 0 aliphatic rings. The lowest BCUT2D eigenvalue weighted by atomic mass is 10.0. The van der Waals surface area contributed by atoms with Gasteiger partial charge in [-0.3, -0.25) is 0 Å². The molecule has 3 aromatic carbocycles. The van der Waals surface area contributed by atoms with Crippen molar-refractivity contribution >= 4 is 42.4 Å². The van der Waals surface area contributed by atoms with Crippen molar-refractivity contribution < 1.29 is 4.79 Å². The van der Waals surface area contributed by atoms with Gasteiger partial charge < -0.3 is 16.0 Å². The van der Waals surface area contributed by atoms with Crippen LogP contribution in [0, 0.1) is 0 Å². The number of fused-ring (bicyclic) bond motifs is 1. The largest absolute Gasteiger partial charge is 0.366 e. The van der Waals surface area contributed by atoms with Crippen LogP contribution in [0.2, 0.25) is 5.02 Å². The third-order valence-corrected chi connectivity index (χ3v) is 6.58. The molecule has 2 aromatic heterocycles. The molecule has 0 saturated heterocycles. The van der Waals surface area contributed by atoms with Gasteiger partial charge in [-0.15, -0.1) is 0 Å². The molecule has 0 spiro atoms. The van der Waals surface area contributed by atoms with E-state index in [-0.39, 0.29) is 12.1 Å². The molecule has 38 heavy (non-hydrogen) atoms. The van der Waals surface area contributed by atoms with Crippen LogP contribution in [-0.2, 0) is 13.1 Å². The van der Waals surface area contributed by atoms with Gasteiger partial charge in [0.25, 0.3) is 0 Å². The molecular formula is C29H26BClN6O. The lowest BCUT2D eigenvalue weighted by Gasteiger charge is -2.15. The van der Waals surface area contributed by atoms with Crippen LogP contribution in [0.15, 0.2) is 91.1 Å². The van der Waals surface area contributed by atoms with Gasteiger partial charge in [0.2, 0.25) is 0 Å². The van der Waals surface area contributed by atoms with Gasteiger partial charge in [-0.05, 0) is 35.1 Å². The summed E-state index contributed by atoms with van der Waals surface area (Å²) in [5.41, 5.74) is 5.71. The van der Waals surface area contributed by atoms with Crippen molar-refractivity contribution in [3.8, 4) is 11.3 Å². The van der Waals surface area contributed by atoms with E-state index in [4.69, 9.17) is 19.4 Å². The summed E-state index contributed by atoms with van der Waals surface area (Å²) in [7, 11) is 6.12. The number of amides is 2. The molecule has 3 N–H and O–H groups in total. The molecule has 5 rings (SSSR count). The monoisotopic (exact) mass is 520 g/mol. The quantitative estimate of drug-likeness (QED) is 0.251. The Hall–Kier alpha value is -4.30. The maximum Gasteiger partial charge on any atom is 0.315 e. The maximum absolute atomic E-state index is 12.3. The summed E-state index contributed by atoms with van der Waals surface area (Å²) in [4.78, 5) is 17.0. The molecule has 2 heterocycles. The molecule has 5 aromatic rings. The van der Waals surface area contributed by atoms with Gasteiger partial charge in [0, 0.05) is 35.9 Å². The highest BCUT2D eigenvalue weighted by Crippen LogP contribution is 2.28. The first kappa shape index (κ1) is 25.4. The van der Waals surface area contributed by atoms with Crippen molar-refractivity contribution in [2.24, 2.45) is 0 Å². The van der Waals surface area contributed by atoms with Gasteiger partial charge >= 0.3 is 6.03 Å². The van der Waals surface area contributed by atoms with E-state index in [2.05, 4.69) is 26.0 Å². The SMILES string of the molecule is [B]c1cnn2c(NCc3ccc(CNC(=O)N[C@@H](C)c4ccccc4)cc3)cc(-c3ccccc3Cl)nc12. The molecule has 2 amide bonds. The fourth-order valence-electron chi connectivity index (χ4n) is 4.14. The molecule has 0 fully saturated rings. The first-order chi connectivity index (χ1) is 18.5. The topological polar surface area (TPSA) is 83.3 Å². The third-order valence-electron chi connectivity index (χ3n) is 6.25. The third kappa shape index (κ3) is 5.81. The van der Waals surface area contributed by atoms with Crippen LogP contribution in [-0.4, -0.2) is 28.5 Å². The van der Waals surface area contributed by atoms with Crippen LogP contribution in [0.4, 0.5) is 10.6 Å². The molecule has 0 aliphatic carbocycles. The normalized spacial score (nSPS) is 11.7. The number of aromatic nitrogens is 3. The Morgan fingerprint density at radius 2 is 1.66 bits per heavy atom. The number of carbonyl (C=O) groups is 1. The summed E-state index contributed by atoms with van der Waals surface area (Å²) < 4.78 is 1.68. The van der Waals surface area contributed by atoms with Crippen molar-refractivity contribution in [2.45, 2.75) is 26.1 Å². The smallest absolute Gasteiger partial charge is 0.315 e. The van der Waals surface area contributed by atoms with E-state index in [0.29, 0.717) is 34.9 Å². The Bertz CT molecular complexity index is 1560. The molecule has 1 atom stereocenters.